The lowest BCUT2D eigenvalue weighted by atomic mass is 9.99. The van der Waals surface area contributed by atoms with E-state index in [0.717, 1.165) is 11.3 Å². The van der Waals surface area contributed by atoms with Crippen LogP contribution in [0, 0.1) is 6.92 Å². The highest BCUT2D eigenvalue weighted by Crippen LogP contribution is 2.27. The Kier molecular flexibility index (Phi) is 2.99. The molecule has 0 amide bonds. The van der Waals surface area contributed by atoms with Crippen molar-refractivity contribution < 1.29 is 4.79 Å². The second-order valence-electron chi connectivity index (χ2n) is 3.42. The molecule has 2 nitrogen and oxygen atoms in total. The van der Waals surface area contributed by atoms with Crippen molar-refractivity contribution in [1.29, 1.82) is 0 Å². The highest BCUT2D eigenvalue weighted by atomic mass is 16.1. The zero-order chi connectivity index (χ0) is 9.84. The maximum Gasteiger partial charge on any atom is 0.240 e. The standard InChI is InChI=1S/C11H13NO/c1-8(2)10-6-9(3)4-5-11(10)12-7-13/h4-6,8H,1-3H3. The number of rotatable bonds is 2. The van der Waals surface area contributed by atoms with Gasteiger partial charge in [-0.25, -0.2) is 4.79 Å². The first kappa shape index (κ1) is 9.69. The molecule has 1 rings (SSSR count). The summed E-state index contributed by atoms with van der Waals surface area (Å²) >= 11 is 0. The monoisotopic (exact) mass is 175 g/mol. The van der Waals surface area contributed by atoms with Crippen molar-refractivity contribution in [2.45, 2.75) is 26.7 Å². The van der Waals surface area contributed by atoms with E-state index in [1.807, 2.05) is 19.1 Å². The van der Waals surface area contributed by atoms with Crippen molar-refractivity contribution in [3.63, 3.8) is 0 Å². The summed E-state index contributed by atoms with van der Waals surface area (Å²) in [5.74, 6) is 0.381. The first-order valence-electron chi connectivity index (χ1n) is 4.33. The SMILES string of the molecule is Cc1ccc(N=C=O)c(C(C)C)c1. The van der Waals surface area contributed by atoms with Crippen LogP contribution >= 0.6 is 0 Å². The van der Waals surface area contributed by atoms with Crippen LogP contribution in [0.1, 0.15) is 30.9 Å². The third kappa shape index (κ3) is 2.27. The third-order valence-electron chi connectivity index (χ3n) is 1.97. The smallest absolute Gasteiger partial charge is 0.211 e. The van der Waals surface area contributed by atoms with E-state index in [9.17, 15) is 4.79 Å². The van der Waals surface area contributed by atoms with Gasteiger partial charge in [0, 0.05) is 0 Å². The number of nitrogens with zero attached hydrogens (tertiary/aromatic N) is 1. The molecule has 0 radical (unpaired) electrons. The molecule has 0 aliphatic carbocycles. The number of aliphatic imine (C=N–C) groups is 1. The van der Waals surface area contributed by atoms with Gasteiger partial charge in [-0.05, 0) is 24.5 Å². The van der Waals surface area contributed by atoms with Crippen LogP contribution in [-0.4, -0.2) is 6.08 Å². The van der Waals surface area contributed by atoms with Crippen LogP contribution < -0.4 is 0 Å². The number of hydrogen-bond acceptors (Lipinski definition) is 2. The minimum Gasteiger partial charge on any atom is -0.211 e. The number of hydrogen-bond donors (Lipinski definition) is 0. The Balaban J connectivity index is 3.26. The Labute approximate surface area is 78.3 Å². The summed E-state index contributed by atoms with van der Waals surface area (Å²) in [6, 6.07) is 5.86. The largest absolute Gasteiger partial charge is 0.240 e. The molecule has 0 bridgehead atoms. The average molecular weight is 175 g/mol. The maximum absolute atomic E-state index is 10.1. The lowest BCUT2D eigenvalue weighted by molar-refractivity contribution is 0.565. The summed E-state index contributed by atoms with van der Waals surface area (Å²) in [6.45, 7) is 6.19. The Morgan fingerprint density at radius 2 is 2.08 bits per heavy atom. The lowest BCUT2D eigenvalue weighted by Crippen LogP contribution is -1.88. The van der Waals surface area contributed by atoms with Gasteiger partial charge in [-0.1, -0.05) is 31.5 Å². The Bertz CT molecular complexity index is 349. The molecule has 1 aromatic carbocycles. The molecule has 1 aromatic rings. The minimum absolute atomic E-state index is 0.381. The molecule has 0 aliphatic heterocycles. The van der Waals surface area contributed by atoms with Crippen LogP contribution in [0.4, 0.5) is 5.69 Å². The van der Waals surface area contributed by atoms with Crippen molar-refractivity contribution in [1.82, 2.24) is 0 Å². The van der Waals surface area contributed by atoms with Gasteiger partial charge in [0.2, 0.25) is 6.08 Å². The van der Waals surface area contributed by atoms with Crippen LogP contribution in [0.15, 0.2) is 23.2 Å². The van der Waals surface area contributed by atoms with Crippen molar-refractivity contribution in [3.05, 3.63) is 29.3 Å². The highest BCUT2D eigenvalue weighted by Gasteiger charge is 2.05. The topological polar surface area (TPSA) is 29.4 Å². The Morgan fingerprint density at radius 1 is 1.38 bits per heavy atom. The molecule has 0 spiro atoms. The molecule has 2 heteroatoms. The molecule has 0 N–H and O–H groups in total. The van der Waals surface area contributed by atoms with E-state index in [0.29, 0.717) is 5.92 Å². The fourth-order valence-electron chi connectivity index (χ4n) is 1.29. The molecule has 0 saturated carbocycles. The number of benzene rings is 1. The molecule has 0 atom stereocenters. The summed E-state index contributed by atoms with van der Waals surface area (Å²) in [7, 11) is 0. The predicted molar refractivity (Wildman–Crippen MR) is 53.0 cm³/mol. The highest BCUT2D eigenvalue weighted by molar-refractivity contribution is 5.55. The minimum atomic E-state index is 0.381. The quantitative estimate of drug-likeness (QED) is 0.501. The molecular weight excluding hydrogens is 162 g/mol. The van der Waals surface area contributed by atoms with Gasteiger partial charge in [0.15, 0.2) is 0 Å². The average Bonchev–Trinajstić information content (AvgIpc) is 2.08. The zero-order valence-electron chi connectivity index (χ0n) is 8.16. The Hall–Kier alpha value is -1.40. The molecule has 0 aliphatic rings. The molecule has 68 valence electrons. The first-order valence-corrected chi connectivity index (χ1v) is 4.33. The molecule has 0 aromatic heterocycles. The number of isocyanates is 1. The predicted octanol–water partition coefficient (Wildman–Crippen LogP) is 3.09. The van der Waals surface area contributed by atoms with Crippen molar-refractivity contribution in [2.24, 2.45) is 4.99 Å². The van der Waals surface area contributed by atoms with E-state index >= 15 is 0 Å². The van der Waals surface area contributed by atoms with Crippen LogP contribution in [0.25, 0.3) is 0 Å². The number of aryl methyl sites for hydroxylation is 1. The van der Waals surface area contributed by atoms with E-state index in [2.05, 4.69) is 24.9 Å². The fraction of sp³-hybridized carbons (Fsp3) is 0.364. The van der Waals surface area contributed by atoms with Crippen LogP contribution in [0.3, 0.4) is 0 Å². The second kappa shape index (κ2) is 4.01. The normalized spacial score (nSPS) is 9.85. The van der Waals surface area contributed by atoms with Gasteiger partial charge in [0.05, 0.1) is 5.69 Å². The fourth-order valence-corrected chi connectivity index (χ4v) is 1.29. The van der Waals surface area contributed by atoms with Crippen molar-refractivity contribution >= 4 is 11.8 Å². The first-order chi connectivity index (χ1) is 6.15. The van der Waals surface area contributed by atoms with Gasteiger partial charge in [0.25, 0.3) is 0 Å². The van der Waals surface area contributed by atoms with Gasteiger partial charge in [0.1, 0.15) is 0 Å². The van der Waals surface area contributed by atoms with Gasteiger partial charge in [-0.15, -0.1) is 0 Å². The second-order valence-corrected chi connectivity index (χ2v) is 3.42. The molecular formula is C11H13NO. The van der Waals surface area contributed by atoms with Crippen LogP contribution in [0.2, 0.25) is 0 Å². The van der Waals surface area contributed by atoms with E-state index in [4.69, 9.17) is 0 Å². The molecule has 0 unspecified atom stereocenters. The van der Waals surface area contributed by atoms with Gasteiger partial charge < -0.3 is 0 Å². The number of carbonyl (C=O) groups excluding carboxylic acids is 1. The maximum atomic E-state index is 10.1. The van der Waals surface area contributed by atoms with E-state index in [-0.39, 0.29) is 0 Å². The van der Waals surface area contributed by atoms with E-state index in [1.54, 1.807) is 6.08 Å². The third-order valence-corrected chi connectivity index (χ3v) is 1.97. The van der Waals surface area contributed by atoms with E-state index < -0.39 is 0 Å². The zero-order valence-corrected chi connectivity index (χ0v) is 8.16. The molecule has 13 heavy (non-hydrogen) atoms. The van der Waals surface area contributed by atoms with Crippen molar-refractivity contribution in [2.75, 3.05) is 0 Å². The summed E-state index contributed by atoms with van der Waals surface area (Å²) < 4.78 is 0. The van der Waals surface area contributed by atoms with Crippen LogP contribution in [-0.2, 0) is 4.79 Å². The van der Waals surface area contributed by atoms with Gasteiger partial charge in [-0.3, -0.25) is 0 Å². The molecule has 0 heterocycles. The Morgan fingerprint density at radius 3 is 2.62 bits per heavy atom. The lowest BCUT2D eigenvalue weighted by Gasteiger charge is -2.08. The summed E-state index contributed by atoms with van der Waals surface area (Å²) in [6.07, 6.45) is 1.57. The van der Waals surface area contributed by atoms with Crippen molar-refractivity contribution in [3.8, 4) is 0 Å². The summed E-state index contributed by atoms with van der Waals surface area (Å²) in [5.41, 5.74) is 3.02. The molecule has 0 saturated heterocycles. The summed E-state index contributed by atoms with van der Waals surface area (Å²) in [4.78, 5) is 13.8. The summed E-state index contributed by atoms with van der Waals surface area (Å²) in [5, 5.41) is 0. The van der Waals surface area contributed by atoms with Gasteiger partial charge in [-0.2, -0.15) is 4.99 Å². The van der Waals surface area contributed by atoms with Gasteiger partial charge >= 0.3 is 0 Å². The van der Waals surface area contributed by atoms with Crippen LogP contribution in [0.5, 0.6) is 0 Å². The van der Waals surface area contributed by atoms with E-state index in [1.165, 1.54) is 5.56 Å². The molecule has 0 fully saturated rings.